The monoisotopic (exact) mass is 274 g/mol. The number of hydrogen-bond acceptors (Lipinski definition) is 3. The van der Waals surface area contributed by atoms with E-state index in [0.717, 1.165) is 11.3 Å². The van der Waals surface area contributed by atoms with Gasteiger partial charge in [0.2, 0.25) is 5.91 Å². The zero-order valence-electron chi connectivity index (χ0n) is 12.1. The Morgan fingerprint density at radius 2 is 2.20 bits per heavy atom. The molecule has 108 valence electrons. The van der Waals surface area contributed by atoms with Crippen molar-refractivity contribution in [3.63, 3.8) is 0 Å². The second kappa shape index (κ2) is 5.44. The molecule has 0 bridgehead atoms. The zero-order chi connectivity index (χ0) is 14.1. The van der Waals surface area contributed by atoms with E-state index in [-0.39, 0.29) is 12.1 Å². The van der Waals surface area contributed by atoms with Crippen LogP contribution < -0.4 is 10.1 Å². The van der Waals surface area contributed by atoms with Crippen molar-refractivity contribution < 1.29 is 9.53 Å². The summed E-state index contributed by atoms with van der Waals surface area (Å²) in [6, 6.07) is 8.28. The van der Waals surface area contributed by atoms with E-state index in [4.69, 9.17) is 4.74 Å². The van der Waals surface area contributed by atoms with Crippen molar-refractivity contribution in [3.8, 4) is 5.75 Å². The lowest BCUT2D eigenvalue weighted by Crippen LogP contribution is -2.44. The van der Waals surface area contributed by atoms with E-state index in [0.29, 0.717) is 18.5 Å². The summed E-state index contributed by atoms with van der Waals surface area (Å²) >= 11 is 0. The largest absolute Gasteiger partial charge is 0.497 e. The van der Waals surface area contributed by atoms with Crippen LogP contribution in [0.1, 0.15) is 37.9 Å². The Bertz CT molecular complexity index is 499. The van der Waals surface area contributed by atoms with E-state index < -0.39 is 0 Å². The zero-order valence-corrected chi connectivity index (χ0v) is 12.1. The molecular formula is C16H22N2O2. The molecule has 3 rings (SSSR count). The molecule has 0 aromatic heterocycles. The van der Waals surface area contributed by atoms with Crippen LogP contribution in [0, 0.1) is 5.92 Å². The van der Waals surface area contributed by atoms with Gasteiger partial charge in [-0.15, -0.1) is 0 Å². The second-order valence-corrected chi connectivity index (χ2v) is 5.79. The highest BCUT2D eigenvalue weighted by Gasteiger charge is 2.39. The van der Waals surface area contributed by atoms with E-state index in [1.807, 2.05) is 23.1 Å². The van der Waals surface area contributed by atoms with Gasteiger partial charge in [-0.25, -0.2) is 0 Å². The first kappa shape index (κ1) is 13.4. The van der Waals surface area contributed by atoms with Crippen LogP contribution in [0.4, 0.5) is 0 Å². The van der Waals surface area contributed by atoms with Gasteiger partial charge in [-0.3, -0.25) is 10.1 Å². The molecule has 1 aliphatic heterocycles. The number of amides is 1. The Kier molecular flexibility index (Phi) is 3.66. The third-order valence-electron chi connectivity index (χ3n) is 4.69. The summed E-state index contributed by atoms with van der Waals surface area (Å²) in [6.45, 7) is 2.61. The topological polar surface area (TPSA) is 41.6 Å². The van der Waals surface area contributed by atoms with Gasteiger partial charge < -0.3 is 9.64 Å². The molecule has 1 aromatic rings. The molecule has 2 unspecified atom stereocenters. The van der Waals surface area contributed by atoms with Crippen molar-refractivity contribution >= 4 is 5.91 Å². The van der Waals surface area contributed by atoms with Gasteiger partial charge in [0.15, 0.2) is 0 Å². The molecule has 20 heavy (non-hydrogen) atoms. The molecule has 2 fully saturated rings. The van der Waals surface area contributed by atoms with Gasteiger partial charge in [-0.05, 0) is 43.4 Å². The fourth-order valence-electron chi connectivity index (χ4n) is 3.22. The van der Waals surface area contributed by atoms with Gasteiger partial charge in [0.05, 0.1) is 13.7 Å². The average molecular weight is 274 g/mol. The first-order valence-electron chi connectivity index (χ1n) is 7.39. The third kappa shape index (κ3) is 2.29. The van der Waals surface area contributed by atoms with E-state index in [1.165, 1.54) is 19.3 Å². The number of methoxy groups -OCH3 is 1. The summed E-state index contributed by atoms with van der Waals surface area (Å²) in [5.41, 5.74) is 1.10. The first-order chi connectivity index (χ1) is 9.70. The number of nitrogens with one attached hydrogen (secondary N) is 1. The smallest absolute Gasteiger partial charge is 0.238 e. The second-order valence-electron chi connectivity index (χ2n) is 5.79. The average Bonchev–Trinajstić information content (AvgIpc) is 2.78. The van der Waals surface area contributed by atoms with Crippen LogP contribution in [0.2, 0.25) is 0 Å². The molecule has 0 radical (unpaired) electrons. The van der Waals surface area contributed by atoms with Crippen LogP contribution in [0.25, 0.3) is 0 Å². The highest BCUT2D eigenvalue weighted by atomic mass is 16.5. The maximum atomic E-state index is 12.2. The first-order valence-corrected chi connectivity index (χ1v) is 7.39. The van der Waals surface area contributed by atoms with Crippen molar-refractivity contribution in [1.29, 1.82) is 0 Å². The van der Waals surface area contributed by atoms with Crippen molar-refractivity contribution in [2.24, 2.45) is 5.92 Å². The minimum Gasteiger partial charge on any atom is -0.497 e. The van der Waals surface area contributed by atoms with Gasteiger partial charge in [0.1, 0.15) is 11.9 Å². The lowest BCUT2D eigenvalue weighted by atomic mass is 9.79. The minimum atomic E-state index is -0.0202. The summed E-state index contributed by atoms with van der Waals surface area (Å²) in [5.74, 6) is 1.70. The van der Waals surface area contributed by atoms with Gasteiger partial charge in [-0.1, -0.05) is 18.6 Å². The number of benzene rings is 1. The molecule has 0 spiro atoms. The van der Waals surface area contributed by atoms with Gasteiger partial charge in [0.25, 0.3) is 0 Å². The maximum absolute atomic E-state index is 12.2. The van der Waals surface area contributed by atoms with E-state index in [2.05, 4.69) is 18.3 Å². The highest BCUT2D eigenvalue weighted by molar-refractivity contribution is 5.81. The van der Waals surface area contributed by atoms with E-state index in [9.17, 15) is 4.79 Å². The SMILES string of the molecule is COc1cccc(C2NCC(=O)N2C(C)C2CCC2)c1. The third-order valence-corrected chi connectivity index (χ3v) is 4.69. The molecule has 4 heteroatoms. The molecule has 1 aromatic carbocycles. The summed E-state index contributed by atoms with van der Waals surface area (Å²) in [5, 5.41) is 3.33. The Morgan fingerprint density at radius 3 is 2.85 bits per heavy atom. The highest BCUT2D eigenvalue weighted by Crippen LogP contribution is 2.36. The molecule has 1 heterocycles. The molecule has 2 aliphatic rings. The van der Waals surface area contributed by atoms with Crippen LogP contribution in [-0.4, -0.2) is 30.5 Å². The molecular weight excluding hydrogens is 252 g/mol. The number of ether oxygens (including phenoxy) is 1. The van der Waals surface area contributed by atoms with Gasteiger partial charge in [-0.2, -0.15) is 0 Å². The minimum absolute atomic E-state index is 0.0202. The van der Waals surface area contributed by atoms with Crippen molar-refractivity contribution in [3.05, 3.63) is 29.8 Å². The van der Waals surface area contributed by atoms with Crippen molar-refractivity contribution in [2.75, 3.05) is 13.7 Å². The molecule has 1 saturated heterocycles. The lowest BCUT2D eigenvalue weighted by Gasteiger charge is -2.39. The summed E-state index contributed by atoms with van der Waals surface area (Å²) in [4.78, 5) is 14.3. The van der Waals surface area contributed by atoms with Crippen LogP contribution in [0.3, 0.4) is 0 Å². The molecule has 1 amide bonds. The quantitative estimate of drug-likeness (QED) is 0.916. The fourth-order valence-corrected chi connectivity index (χ4v) is 3.22. The Labute approximate surface area is 120 Å². The molecule has 2 atom stereocenters. The van der Waals surface area contributed by atoms with Gasteiger partial charge in [0, 0.05) is 6.04 Å². The summed E-state index contributed by atoms with van der Waals surface area (Å²) in [6.07, 6.45) is 3.77. The van der Waals surface area contributed by atoms with Crippen LogP contribution in [0.15, 0.2) is 24.3 Å². The van der Waals surface area contributed by atoms with Crippen molar-refractivity contribution in [2.45, 2.75) is 38.4 Å². The predicted molar refractivity (Wildman–Crippen MR) is 77.4 cm³/mol. The van der Waals surface area contributed by atoms with Crippen LogP contribution in [-0.2, 0) is 4.79 Å². The lowest BCUT2D eigenvalue weighted by molar-refractivity contribution is -0.131. The number of rotatable bonds is 4. The fraction of sp³-hybridized carbons (Fsp3) is 0.562. The maximum Gasteiger partial charge on any atom is 0.238 e. The molecule has 1 aliphatic carbocycles. The Hall–Kier alpha value is -1.55. The normalized spacial score (nSPS) is 24.6. The molecule has 1 N–H and O–H groups in total. The van der Waals surface area contributed by atoms with E-state index >= 15 is 0 Å². The van der Waals surface area contributed by atoms with Crippen LogP contribution in [0.5, 0.6) is 5.75 Å². The molecule has 1 saturated carbocycles. The predicted octanol–water partition coefficient (Wildman–Crippen LogP) is 2.31. The number of carbonyl (C=O) groups is 1. The number of carbonyl (C=O) groups excluding carboxylic acids is 1. The van der Waals surface area contributed by atoms with Crippen molar-refractivity contribution in [1.82, 2.24) is 10.2 Å². The molecule has 4 nitrogen and oxygen atoms in total. The number of nitrogens with zero attached hydrogens (tertiary/aromatic N) is 1. The van der Waals surface area contributed by atoms with E-state index in [1.54, 1.807) is 7.11 Å². The van der Waals surface area contributed by atoms with Gasteiger partial charge >= 0.3 is 0 Å². The Balaban J connectivity index is 1.84. The van der Waals surface area contributed by atoms with Crippen LogP contribution >= 0.6 is 0 Å². The Morgan fingerprint density at radius 1 is 1.40 bits per heavy atom. The summed E-state index contributed by atoms with van der Waals surface area (Å²) in [7, 11) is 1.67. The summed E-state index contributed by atoms with van der Waals surface area (Å²) < 4.78 is 5.29. The number of hydrogen-bond donors (Lipinski definition) is 1. The standard InChI is InChI=1S/C16H22N2O2/c1-11(12-5-3-6-12)18-15(19)10-17-16(18)13-7-4-8-14(9-13)20-2/h4,7-9,11-12,16-17H,3,5-6,10H2,1-2H3.